The summed E-state index contributed by atoms with van der Waals surface area (Å²) in [5, 5.41) is 2.59. The molecule has 6 atom stereocenters. The normalized spacial score (nSPS) is 57.2. The number of hydrogen-bond acceptors (Lipinski definition) is 2. The van der Waals surface area contributed by atoms with E-state index in [0.29, 0.717) is 17.8 Å². The largest absolute Gasteiger partial charge is 0.296 e. The van der Waals surface area contributed by atoms with Gasteiger partial charge in [0.15, 0.2) is 0 Å². The van der Waals surface area contributed by atoms with Crippen molar-refractivity contribution in [3.63, 3.8) is 0 Å². The van der Waals surface area contributed by atoms with Crippen LogP contribution in [0.3, 0.4) is 0 Å². The Morgan fingerprint density at radius 2 is 2.12 bits per heavy atom. The summed E-state index contributed by atoms with van der Waals surface area (Å²) in [5.41, 5.74) is 1.75. The Hall–Kier alpha value is -1.12. The molecule has 3 nitrogen and oxygen atoms in total. The number of amides is 2. The van der Waals surface area contributed by atoms with E-state index >= 15 is 0 Å². The molecule has 0 aromatic heterocycles. The summed E-state index contributed by atoms with van der Waals surface area (Å²) in [5.74, 6) is 2.01. The van der Waals surface area contributed by atoms with Gasteiger partial charge in [0.25, 0.3) is 0 Å². The van der Waals surface area contributed by atoms with Crippen molar-refractivity contribution in [2.75, 3.05) is 0 Å². The van der Waals surface area contributed by atoms with Crippen LogP contribution in [0.2, 0.25) is 0 Å². The number of imide groups is 1. The Balaban J connectivity index is 1.74. The lowest BCUT2D eigenvalue weighted by atomic mass is 9.62. The molecule has 3 saturated carbocycles. The molecule has 1 saturated heterocycles. The van der Waals surface area contributed by atoms with Gasteiger partial charge >= 0.3 is 0 Å². The molecule has 3 heteroatoms. The third kappa shape index (κ3) is 0.737. The average Bonchev–Trinajstić information content (AvgIpc) is 2.93. The number of hydrogen-bond donors (Lipinski definition) is 1. The standard InChI is InChI=1S/C14H15NO2/c16-12-10-8-5-14(11(10)13(17)15-12)4-6-1-2-7(8)9(14)3-6/h1,7-11H,2-5H2,(H,15,16,17). The van der Waals surface area contributed by atoms with Gasteiger partial charge in [0, 0.05) is 0 Å². The Morgan fingerprint density at radius 1 is 1.24 bits per heavy atom. The van der Waals surface area contributed by atoms with Crippen LogP contribution >= 0.6 is 0 Å². The predicted molar refractivity (Wildman–Crippen MR) is 59.6 cm³/mol. The molecule has 1 N–H and O–H groups in total. The highest BCUT2D eigenvalue weighted by Gasteiger charge is 2.74. The minimum Gasteiger partial charge on any atom is -0.296 e. The first-order valence-corrected chi connectivity index (χ1v) is 6.73. The number of fused-ring (bicyclic) bond motifs is 5. The SMILES string of the molecule is O=C1NC(=O)C2C1C1CC23CC2=CCC1C3C2. The molecular formula is C14H15NO2. The van der Waals surface area contributed by atoms with Crippen LogP contribution in [0.5, 0.6) is 0 Å². The number of rotatable bonds is 0. The first-order chi connectivity index (χ1) is 8.21. The van der Waals surface area contributed by atoms with Crippen molar-refractivity contribution in [2.45, 2.75) is 25.7 Å². The fourth-order valence-corrected chi connectivity index (χ4v) is 6.12. The van der Waals surface area contributed by atoms with E-state index in [0.717, 1.165) is 19.3 Å². The molecule has 1 aliphatic heterocycles. The van der Waals surface area contributed by atoms with Gasteiger partial charge in [-0.25, -0.2) is 0 Å². The van der Waals surface area contributed by atoms with Crippen LogP contribution in [0.4, 0.5) is 0 Å². The molecule has 4 bridgehead atoms. The summed E-state index contributed by atoms with van der Waals surface area (Å²) in [6.45, 7) is 0. The van der Waals surface area contributed by atoms with Crippen molar-refractivity contribution in [3.8, 4) is 0 Å². The van der Waals surface area contributed by atoms with Gasteiger partial charge < -0.3 is 0 Å². The summed E-state index contributed by atoms with van der Waals surface area (Å²) in [6.07, 6.45) is 7.03. The van der Waals surface area contributed by atoms with E-state index in [9.17, 15) is 9.59 Å². The van der Waals surface area contributed by atoms with Crippen LogP contribution < -0.4 is 5.32 Å². The lowest BCUT2D eigenvalue weighted by molar-refractivity contribution is -0.128. The summed E-state index contributed by atoms with van der Waals surface area (Å²) in [7, 11) is 0. The lowest BCUT2D eigenvalue weighted by Gasteiger charge is -2.39. The van der Waals surface area contributed by atoms with Crippen molar-refractivity contribution in [2.24, 2.45) is 35.0 Å². The molecule has 0 aromatic rings. The summed E-state index contributed by atoms with van der Waals surface area (Å²) in [6, 6.07) is 0. The van der Waals surface area contributed by atoms with Crippen LogP contribution in [0.25, 0.3) is 0 Å². The molecule has 5 rings (SSSR count). The Kier molecular flexibility index (Phi) is 1.23. The maximum absolute atomic E-state index is 12.1. The van der Waals surface area contributed by atoms with Crippen LogP contribution in [0.1, 0.15) is 25.7 Å². The average molecular weight is 229 g/mol. The van der Waals surface area contributed by atoms with Crippen molar-refractivity contribution < 1.29 is 9.59 Å². The van der Waals surface area contributed by atoms with E-state index < -0.39 is 0 Å². The molecule has 17 heavy (non-hydrogen) atoms. The Bertz CT molecular complexity index is 508. The van der Waals surface area contributed by atoms with Gasteiger partial charge in [-0.2, -0.15) is 0 Å². The van der Waals surface area contributed by atoms with Gasteiger partial charge in [0.1, 0.15) is 0 Å². The van der Waals surface area contributed by atoms with Gasteiger partial charge in [0.05, 0.1) is 11.8 Å². The zero-order chi connectivity index (χ0) is 11.4. The highest BCUT2D eigenvalue weighted by Crippen LogP contribution is 2.75. The van der Waals surface area contributed by atoms with E-state index in [2.05, 4.69) is 11.4 Å². The summed E-state index contributed by atoms with van der Waals surface area (Å²) < 4.78 is 0. The third-order valence-corrected chi connectivity index (χ3v) is 6.41. The molecule has 0 aromatic carbocycles. The highest BCUT2D eigenvalue weighted by atomic mass is 16.2. The second kappa shape index (κ2) is 2.36. The predicted octanol–water partition coefficient (Wildman–Crippen LogP) is 1.25. The first kappa shape index (κ1) is 8.90. The van der Waals surface area contributed by atoms with Crippen LogP contribution in [-0.4, -0.2) is 11.8 Å². The highest BCUT2D eigenvalue weighted by molar-refractivity contribution is 6.06. The number of carbonyl (C=O) groups is 2. The maximum atomic E-state index is 12.1. The monoisotopic (exact) mass is 229 g/mol. The first-order valence-electron chi connectivity index (χ1n) is 6.73. The molecule has 1 spiro atoms. The van der Waals surface area contributed by atoms with Crippen molar-refractivity contribution in [1.82, 2.24) is 5.32 Å². The third-order valence-electron chi connectivity index (χ3n) is 6.41. The van der Waals surface area contributed by atoms with Crippen LogP contribution in [0, 0.1) is 35.0 Å². The minimum absolute atomic E-state index is 0.0187. The Labute approximate surface area is 99.6 Å². The van der Waals surface area contributed by atoms with Crippen molar-refractivity contribution in [3.05, 3.63) is 11.6 Å². The van der Waals surface area contributed by atoms with Crippen molar-refractivity contribution in [1.29, 1.82) is 0 Å². The Morgan fingerprint density at radius 3 is 3.00 bits per heavy atom. The van der Waals surface area contributed by atoms with E-state index in [4.69, 9.17) is 0 Å². The molecule has 2 amide bonds. The quantitative estimate of drug-likeness (QED) is 0.502. The fraction of sp³-hybridized carbons (Fsp3) is 0.714. The maximum Gasteiger partial charge on any atom is 0.231 e. The van der Waals surface area contributed by atoms with Gasteiger partial charge in [-0.15, -0.1) is 0 Å². The zero-order valence-electron chi connectivity index (χ0n) is 9.61. The molecule has 4 fully saturated rings. The topological polar surface area (TPSA) is 46.2 Å². The molecule has 4 aliphatic carbocycles. The smallest absolute Gasteiger partial charge is 0.231 e. The van der Waals surface area contributed by atoms with Gasteiger partial charge in [-0.3, -0.25) is 14.9 Å². The zero-order valence-corrected chi connectivity index (χ0v) is 9.61. The van der Waals surface area contributed by atoms with E-state index in [1.165, 1.54) is 6.42 Å². The van der Waals surface area contributed by atoms with E-state index in [-0.39, 0.29) is 29.1 Å². The molecule has 6 unspecified atom stereocenters. The van der Waals surface area contributed by atoms with E-state index in [1.54, 1.807) is 5.57 Å². The second-order valence-electron chi connectivity index (χ2n) is 6.71. The molecule has 1 heterocycles. The number of allylic oxidation sites excluding steroid dienone is 2. The van der Waals surface area contributed by atoms with Gasteiger partial charge in [0.2, 0.25) is 11.8 Å². The molecular weight excluding hydrogens is 214 g/mol. The minimum atomic E-state index is 0.0187. The summed E-state index contributed by atoms with van der Waals surface area (Å²) >= 11 is 0. The number of nitrogens with one attached hydrogen (secondary N) is 1. The molecule has 88 valence electrons. The summed E-state index contributed by atoms with van der Waals surface area (Å²) in [4.78, 5) is 24.0. The lowest BCUT2D eigenvalue weighted by Crippen LogP contribution is -2.41. The van der Waals surface area contributed by atoms with Gasteiger partial charge in [-0.05, 0) is 48.9 Å². The second-order valence-corrected chi connectivity index (χ2v) is 6.71. The van der Waals surface area contributed by atoms with Gasteiger partial charge in [-0.1, -0.05) is 11.6 Å². The van der Waals surface area contributed by atoms with Crippen molar-refractivity contribution >= 4 is 11.8 Å². The molecule has 0 radical (unpaired) electrons. The number of carbonyl (C=O) groups excluding carboxylic acids is 2. The van der Waals surface area contributed by atoms with Crippen LogP contribution in [0.15, 0.2) is 11.6 Å². The van der Waals surface area contributed by atoms with Crippen LogP contribution in [-0.2, 0) is 9.59 Å². The fourth-order valence-electron chi connectivity index (χ4n) is 6.12. The van der Waals surface area contributed by atoms with E-state index in [1.807, 2.05) is 0 Å². The molecule has 5 aliphatic rings.